The summed E-state index contributed by atoms with van der Waals surface area (Å²) in [6.45, 7) is 3.47. The Hall–Kier alpha value is -1.03. The zero-order valence-electron chi connectivity index (χ0n) is 11.5. The van der Waals surface area contributed by atoms with Gasteiger partial charge >= 0.3 is 0 Å². The molecule has 0 unspecified atom stereocenters. The zero-order valence-corrected chi connectivity index (χ0v) is 14.0. The second-order valence-electron chi connectivity index (χ2n) is 4.94. The van der Waals surface area contributed by atoms with Crippen LogP contribution in [-0.2, 0) is 10.0 Å². The third-order valence-electron chi connectivity index (χ3n) is 3.36. The minimum absolute atomic E-state index is 0.0117. The molecule has 1 aliphatic heterocycles. The number of piperidine rings is 1. The lowest BCUT2D eigenvalue weighted by molar-refractivity contribution is 0.460. The summed E-state index contributed by atoms with van der Waals surface area (Å²) in [4.78, 5) is 6.54. The number of aryl methyl sites for hydroxylation is 1. The number of hydrogen-bond acceptors (Lipinski definition) is 7. The van der Waals surface area contributed by atoms with E-state index in [1.165, 1.54) is 22.9 Å². The summed E-state index contributed by atoms with van der Waals surface area (Å²) in [5.74, 6) is 0.788. The lowest BCUT2D eigenvalue weighted by Crippen LogP contribution is -2.44. The third-order valence-corrected chi connectivity index (χ3v) is 7.15. The molecule has 3 rings (SSSR count). The Morgan fingerprint density at radius 1 is 1.38 bits per heavy atom. The van der Waals surface area contributed by atoms with Crippen molar-refractivity contribution < 1.29 is 8.42 Å². The van der Waals surface area contributed by atoms with Crippen molar-refractivity contribution in [2.75, 3.05) is 18.0 Å². The van der Waals surface area contributed by atoms with Gasteiger partial charge in [0.1, 0.15) is 10.0 Å². The lowest BCUT2D eigenvalue weighted by Gasteiger charge is -2.31. The summed E-state index contributed by atoms with van der Waals surface area (Å²) in [6.07, 6.45) is 1.56. The highest BCUT2D eigenvalue weighted by Crippen LogP contribution is 2.23. The summed E-state index contributed by atoms with van der Waals surface area (Å²) in [5.41, 5.74) is 0. The van der Waals surface area contributed by atoms with E-state index in [-0.39, 0.29) is 6.04 Å². The lowest BCUT2D eigenvalue weighted by atomic mass is 10.1. The quantitative estimate of drug-likeness (QED) is 0.916. The topological polar surface area (TPSA) is 75.2 Å². The number of anilines is 1. The van der Waals surface area contributed by atoms with E-state index < -0.39 is 10.0 Å². The fourth-order valence-electron chi connectivity index (χ4n) is 2.30. The Balaban J connectivity index is 1.59. The first-order valence-corrected chi connectivity index (χ1v) is 9.79. The van der Waals surface area contributed by atoms with E-state index in [0.717, 1.165) is 36.9 Å². The van der Waals surface area contributed by atoms with Crippen LogP contribution in [0.25, 0.3) is 0 Å². The molecule has 0 amide bonds. The molecule has 0 aliphatic carbocycles. The van der Waals surface area contributed by atoms with Crippen molar-refractivity contribution in [3.8, 4) is 0 Å². The molecule has 1 fully saturated rings. The largest absolute Gasteiger partial charge is 0.347 e. The van der Waals surface area contributed by atoms with Crippen molar-refractivity contribution in [2.45, 2.75) is 30.0 Å². The highest BCUT2D eigenvalue weighted by atomic mass is 32.2. The highest BCUT2D eigenvalue weighted by Gasteiger charge is 2.26. The van der Waals surface area contributed by atoms with Gasteiger partial charge in [-0.2, -0.15) is 4.37 Å². The van der Waals surface area contributed by atoms with E-state index >= 15 is 0 Å². The smallest absolute Gasteiger partial charge is 0.250 e. The average Bonchev–Trinajstić information content (AvgIpc) is 3.10. The van der Waals surface area contributed by atoms with Gasteiger partial charge in [-0.1, -0.05) is 6.07 Å². The molecule has 1 aliphatic rings. The van der Waals surface area contributed by atoms with E-state index in [9.17, 15) is 8.42 Å². The van der Waals surface area contributed by atoms with Gasteiger partial charge < -0.3 is 4.90 Å². The van der Waals surface area contributed by atoms with Crippen LogP contribution < -0.4 is 9.62 Å². The molecule has 0 saturated carbocycles. The minimum atomic E-state index is -3.37. The van der Waals surface area contributed by atoms with Crippen molar-refractivity contribution in [1.82, 2.24) is 14.1 Å². The highest BCUT2D eigenvalue weighted by molar-refractivity contribution is 7.91. The van der Waals surface area contributed by atoms with Crippen LogP contribution >= 0.6 is 22.9 Å². The van der Waals surface area contributed by atoms with Gasteiger partial charge in [-0.15, -0.1) is 11.3 Å². The molecule has 0 radical (unpaired) electrons. The van der Waals surface area contributed by atoms with Crippen molar-refractivity contribution in [3.05, 3.63) is 23.3 Å². The number of nitrogens with zero attached hydrogens (tertiary/aromatic N) is 3. The van der Waals surface area contributed by atoms with Crippen LogP contribution in [0.4, 0.5) is 5.13 Å². The standard InChI is InChI=1S/C12H16N4O2S3/c1-9-13-12(20-14-9)16-6-4-10(5-7-16)15-21(17,18)11-3-2-8-19-11/h2-3,8,10,15H,4-7H2,1H3. The van der Waals surface area contributed by atoms with Gasteiger partial charge in [-0.3, -0.25) is 0 Å². The van der Waals surface area contributed by atoms with E-state index in [1.807, 2.05) is 6.92 Å². The molecule has 0 aromatic carbocycles. The molecule has 9 heteroatoms. The van der Waals surface area contributed by atoms with Gasteiger partial charge in [-0.25, -0.2) is 18.1 Å². The summed E-state index contributed by atoms with van der Waals surface area (Å²) in [7, 11) is -3.37. The molecule has 0 spiro atoms. The molecule has 6 nitrogen and oxygen atoms in total. The van der Waals surface area contributed by atoms with Crippen LogP contribution in [0.2, 0.25) is 0 Å². The van der Waals surface area contributed by atoms with Crippen LogP contribution in [0.5, 0.6) is 0 Å². The number of nitrogens with one attached hydrogen (secondary N) is 1. The molecule has 1 N–H and O–H groups in total. The predicted molar refractivity (Wildman–Crippen MR) is 84.5 cm³/mol. The normalized spacial score (nSPS) is 17.3. The summed E-state index contributed by atoms with van der Waals surface area (Å²) < 4.78 is 31.7. The first-order chi connectivity index (χ1) is 10.0. The first kappa shape index (κ1) is 14.9. The van der Waals surface area contributed by atoms with Crippen molar-refractivity contribution >= 4 is 38.0 Å². The van der Waals surface area contributed by atoms with E-state index in [1.54, 1.807) is 17.5 Å². The molecule has 21 heavy (non-hydrogen) atoms. The van der Waals surface area contributed by atoms with Crippen molar-refractivity contribution in [3.63, 3.8) is 0 Å². The molecule has 1 saturated heterocycles. The summed E-state index contributed by atoms with van der Waals surface area (Å²) >= 11 is 2.64. The number of aromatic nitrogens is 2. The van der Waals surface area contributed by atoms with E-state index in [2.05, 4.69) is 19.0 Å². The van der Waals surface area contributed by atoms with Crippen LogP contribution in [0.3, 0.4) is 0 Å². The molecular formula is C12H16N4O2S3. The maximum Gasteiger partial charge on any atom is 0.250 e. The van der Waals surface area contributed by atoms with Crippen molar-refractivity contribution in [1.29, 1.82) is 0 Å². The minimum Gasteiger partial charge on any atom is -0.347 e. The molecule has 0 atom stereocenters. The molecule has 3 heterocycles. The van der Waals surface area contributed by atoms with Gasteiger partial charge in [0.25, 0.3) is 0 Å². The second kappa shape index (κ2) is 5.99. The van der Waals surface area contributed by atoms with Gasteiger partial charge in [0.05, 0.1) is 0 Å². The molecule has 2 aromatic heterocycles. The fraction of sp³-hybridized carbons (Fsp3) is 0.500. The summed E-state index contributed by atoms with van der Waals surface area (Å²) in [5, 5.41) is 2.70. The van der Waals surface area contributed by atoms with Crippen LogP contribution in [0, 0.1) is 6.92 Å². The Labute approximate surface area is 132 Å². The number of sulfonamides is 1. The Morgan fingerprint density at radius 3 is 2.71 bits per heavy atom. The zero-order chi connectivity index (χ0) is 14.9. The monoisotopic (exact) mass is 344 g/mol. The summed E-state index contributed by atoms with van der Waals surface area (Å²) in [6, 6.07) is 3.37. The third kappa shape index (κ3) is 3.42. The predicted octanol–water partition coefficient (Wildman–Crippen LogP) is 1.86. The molecule has 2 aromatic rings. The van der Waals surface area contributed by atoms with Gasteiger partial charge in [-0.05, 0) is 31.2 Å². The fourth-order valence-corrected chi connectivity index (χ4v) is 5.34. The van der Waals surface area contributed by atoms with Gasteiger partial charge in [0.2, 0.25) is 15.2 Å². The van der Waals surface area contributed by atoms with Crippen LogP contribution in [-0.4, -0.2) is 36.9 Å². The number of rotatable bonds is 4. The Bertz CT molecular complexity index is 688. The van der Waals surface area contributed by atoms with Gasteiger partial charge in [0, 0.05) is 30.7 Å². The van der Waals surface area contributed by atoms with Crippen LogP contribution in [0.15, 0.2) is 21.7 Å². The Kier molecular flexibility index (Phi) is 4.25. The molecule has 114 valence electrons. The second-order valence-corrected chi connectivity index (χ2v) is 8.56. The number of thiophene rings is 1. The molecule has 0 bridgehead atoms. The van der Waals surface area contributed by atoms with E-state index in [4.69, 9.17) is 0 Å². The Morgan fingerprint density at radius 2 is 2.14 bits per heavy atom. The maximum atomic E-state index is 12.2. The van der Waals surface area contributed by atoms with E-state index in [0.29, 0.717) is 4.21 Å². The maximum absolute atomic E-state index is 12.2. The number of hydrogen-bond donors (Lipinski definition) is 1. The van der Waals surface area contributed by atoms with Crippen LogP contribution in [0.1, 0.15) is 18.7 Å². The molecular weight excluding hydrogens is 328 g/mol. The average molecular weight is 344 g/mol. The van der Waals surface area contributed by atoms with Gasteiger partial charge in [0.15, 0.2) is 0 Å². The van der Waals surface area contributed by atoms with Crippen molar-refractivity contribution in [2.24, 2.45) is 0 Å². The first-order valence-electron chi connectivity index (χ1n) is 6.66. The SMILES string of the molecule is Cc1nsc(N2CCC(NS(=O)(=O)c3cccs3)CC2)n1.